The number of carbonyl (C=O) groups excluding carboxylic acids is 4. The summed E-state index contributed by atoms with van der Waals surface area (Å²) < 4.78 is 0. The number of rotatable bonds is 7. The van der Waals surface area contributed by atoms with Crippen molar-refractivity contribution in [2.24, 2.45) is 0 Å². The van der Waals surface area contributed by atoms with E-state index < -0.39 is 63.6 Å². The number of nitrogens with zero attached hydrogens (tertiary/aromatic N) is 4. The Balaban J connectivity index is 0. The predicted molar refractivity (Wildman–Crippen MR) is 76.0 cm³/mol. The topological polar surface area (TPSA) is 217 Å². The van der Waals surface area contributed by atoms with Gasteiger partial charge in [0.05, 0.1) is 12.5 Å². The molecule has 1 atom stereocenters. The zero-order valence-electron chi connectivity index (χ0n) is 14.7. The van der Waals surface area contributed by atoms with Crippen LogP contribution in [0.15, 0.2) is 0 Å². The molecule has 27 heavy (non-hydrogen) atoms. The molecule has 0 aromatic heterocycles. The Labute approximate surface area is 175 Å². The van der Waals surface area contributed by atoms with Gasteiger partial charge in [-0.2, -0.15) is 5.06 Å². The molecular weight excluding hydrogens is 385 g/mol. The number of aliphatic hydroxyl groups excluding tert-OH is 4. The van der Waals surface area contributed by atoms with E-state index in [4.69, 9.17) is 25.6 Å². The summed E-state index contributed by atoms with van der Waals surface area (Å²) in [6.07, 6.45) is -1.60. The fraction of sp³-hybridized carbons (Fsp3) is 0.636. The fourth-order valence-electron chi connectivity index (χ4n) is 1.80. The van der Waals surface area contributed by atoms with Crippen molar-refractivity contribution >= 4 is 23.9 Å². The fourth-order valence-corrected chi connectivity index (χ4v) is 1.80. The number of hydrogen-bond acceptors (Lipinski definition) is 11. The molecule has 1 unspecified atom stereocenters. The second-order valence-electron chi connectivity index (χ2n) is 4.61. The van der Waals surface area contributed by atoms with Gasteiger partial charge in [0.1, 0.15) is 26.9 Å². The summed E-state index contributed by atoms with van der Waals surface area (Å²) in [6, 6.07) is -2.02. The molecule has 0 aromatic carbocycles. The van der Waals surface area contributed by atoms with Gasteiger partial charge in [-0.25, -0.2) is 14.5 Å². The number of likely N-dealkylation sites (N-methyl/N-ethyl adjacent to an activating group) is 1. The van der Waals surface area contributed by atoms with E-state index in [2.05, 4.69) is 0 Å². The number of imide groups is 1. The summed E-state index contributed by atoms with van der Waals surface area (Å²) in [6.45, 7) is -3.95. The average Bonchev–Trinajstić information content (AvgIpc) is 2.78. The van der Waals surface area contributed by atoms with Crippen LogP contribution in [-0.2, 0) is 9.59 Å². The molecule has 150 valence electrons. The van der Waals surface area contributed by atoms with Gasteiger partial charge in [0.25, 0.3) is 5.91 Å². The van der Waals surface area contributed by atoms with Gasteiger partial charge in [0, 0.05) is 7.05 Å². The summed E-state index contributed by atoms with van der Waals surface area (Å²) in [5.74, 6) is -2.27. The number of nitrogens with one attached hydrogen (secondary N) is 1. The minimum Gasteiger partial charge on any atom is -0.549 e. The number of hydroxylamine groups is 2. The second-order valence-corrected chi connectivity index (χ2v) is 4.61. The average molecular weight is 405 g/mol. The van der Waals surface area contributed by atoms with Crippen molar-refractivity contribution in [1.82, 2.24) is 25.1 Å². The van der Waals surface area contributed by atoms with E-state index in [9.17, 15) is 24.3 Å². The number of aliphatic carboxylic acids is 1. The number of aliphatic hydroxyl groups is 4. The Morgan fingerprint density at radius 3 is 2.04 bits per heavy atom. The molecule has 5 amide bonds. The Hall–Kier alpha value is -1.56. The Kier molecular flexibility index (Phi) is 13.9. The minimum atomic E-state index is -1.60. The normalized spacial score (nSPS) is 15.9. The number of carboxylic acids is 1. The van der Waals surface area contributed by atoms with E-state index in [-0.39, 0.29) is 29.6 Å². The van der Waals surface area contributed by atoms with Crippen molar-refractivity contribution in [1.29, 1.82) is 0 Å². The maximum Gasteiger partial charge on any atom is 1.00 e. The first-order valence-corrected chi connectivity index (χ1v) is 6.85. The third-order valence-electron chi connectivity index (χ3n) is 2.85. The van der Waals surface area contributed by atoms with E-state index in [0.29, 0.717) is 19.8 Å². The van der Waals surface area contributed by atoms with Gasteiger partial charge >= 0.3 is 41.6 Å². The van der Waals surface area contributed by atoms with Gasteiger partial charge in [0.15, 0.2) is 6.17 Å². The quantitative estimate of drug-likeness (QED) is 0.101. The van der Waals surface area contributed by atoms with Crippen LogP contribution in [0, 0.1) is 0 Å². The predicted octanol–water partition coefficient (Wildman–Crippen LogP) is -8.55. The molecule has 1 saturated heterocycles. The van der Waals surface area contributed by atoms with Crippen molar-refractivity contribution in [3.05, 3.63) is 0 Å². The van der Waals surface area contributed by atoms with E-state index in [1.54, 1.807) is 0 Å². The molecule has 16 heteroatoms. The maximum absolute atomic E-state index is 11.8. The summed E-state index contributed by atoms with van der Waals surface area (Å²) >= 11 is 0. The van der Waals surface area contributed by atoms with Crippen molar-refractivity contribution in [3.63, 3.8) is 0 Å². The molecule has 6 N–H and O–H groups in total. The third kappa shape index (κ3) is 7.91. The standard InChI is InChI=1S/C8H14N4O7.C3H7NO3.Na/c13-1-9-7(18)10(2-14)5-6(17)12(4-16)8(19)11(5)3-15;1-4(7)2-3(5)6;/h5,13-16H,1-4H2,(H,9,18);7H,2H2,1H3,(H,5,6);/q;;+1/p-1. The Morgan fingerprint density at radius 1 is 1.19 bits per heavy atom. The zero-order chi connectivity index (χ0) is 20.4. The first-order valence-electron chi connectivity index (χ1n) is 6.85. The minimum absolute atomic E-state index is 0. The van der Waals surface area contributed by atoms with Crippen LogP contribution in [0.3, 0.4) is 0 Å². The maximum atomic E-state index is 11.8. The van der Waals surface area contributed by atoms with Crippen molar-refractivity contribution in [3.8, 4) is 0 Å². The Bertz CT molecular complexity index is 522. The third-order valence-corrected chi connectivity index (χ3v) is 2.85. The number of carbonyl (C=O) groups is 4. The summed E-state index contributed by atoms with van der Waals surface area (Å²) in [4.78, 5) is 45.9. The molecule has 1 heterocycles. The number of carboxylic acid groups (broad SMARTS) is 1. The number of hydrogen-bond donors (Lipinski definition) is 6. The molecule has 0 bridgehead atoms. The molecule has 0 aromatic rings. The molecule has 0 saturated carbocycles. The molecule has 0 radical (unpaired) electrons. The van der Waals surface area contributed by atoms with Crippen molar-refractivity contribution in [2.75, 3.05) is 40.5 Å². The van der Waals surface area contributed by atoms with Gasteiger partial charge in [-0.1, -0.05) is 0 Å². The summed E-state index contributed by atoms with van der Waals surface area (Å²) in [5, 5.41) is 55.7. The molecule has 1 fully saturated rings. The van der Waals surface area contributed by atoms with Gasteiger partial charge in [0.2, 0.25) is 0 Å². The molecule has 15 nitrogen and oxygen atoms in total. The molecule has 0 aliphatic carbocycles. The second kappa shape index (κ2) is 13.6. The summed E-state index contributed by atoms with van der Waals surface area (Å²) in [5.41, 5.74) is 0. The van der Waals surface area contributed by atoms with Gasteiger partial charge in [-0.3, -0.25) is 14.6 Å². The number of amides is 5. The largest absolute Gasteiger partial charge is 1.00 e. The smallest absolute Gasteiger partial charge is 0.549 e. The first kappa shape index (κ1) is 27.7. The molecule has 1 aliphatic rings. The molecule has 1 aliphatic heterocycles. The monoisotopic (exact) mass is 405 g/mol. The van der Waals surface area contributed by atoms with E-state index >= 15 is 0 Å². The van der Waals surface area contributed by atoms with Gasteiger partial charge in [-0.05, 0) is 0 Å². The van der Waals surface area contributed by atoms with E-state index in [1.165, 1.54) is 7.05 Å². The zero-order valence-corrected chi connectivity index (χ0v) is 16.7. The SMILES string of the molecule is CN(O)CC(=O)[O-].O=C1C(N(CO)C(=O)NCO)N(CO)C(=O)N1CO.[Na+]. The van der Waals surface area contributed by atoms with Crippen LogP contribution >= 0.6 is 0 Å². The van der Waals surface area contributed by atoms with Crippen LogP contribution in [0.5, 0.6) is 0 Å². The summed E-state index contributed by atoms with van der Waals surface area (Å²) in [7, 11) is 1.23. The molecular formula is C11H20N5NaO10. The van der Waals surface area contributed by atoms with Gasteiger partial charge < -0.3 is 40.9 Å². The van der Waals surface area contributed by atoms with Crippen LogP contribution in [-0.4, -0.2) is 116 Å². The first-order chi connectivity index (χ1) is 12.2. The van der Waals surface area contributed by atoms with E-state index in [0.717, 1.165) is 0 Å². The van der Waals surface area contributed by atoms with Crippen LogP contribution in [0.4, 0.5) is 9.59 Å². The van der Waals surface area contributed by atoms with Crippen LogP contribution in [0.1, 0.15) is 0 Å². The Morgan fingerprint density at radius 2 is 1.74 bits per heavy atom. The van der Waals surface area contributed by atoms with Crippen LogP contribution in [0.25, 0.3) is 0 Å². The van der Waals surface area contributed by atoms with Crippen LogP contribution in [0.2, 0.25) is 0 Å². The molecule has 1 rings (SSSR count). The van der Waals surface area contributed by atoms with Crippen LogP contribution < -0.4 is 40.0 Å². The number of urea groups is 2. The van der Waals surface area contributed by atoms with Gasteiger partial charge in [-0.15, -0.1) is 0 Å². The van der Waals surface area contributed by atoms with Crippen molar-refractivity contribution < 1.29 is 79.5 Å². The van der Waals surface area contributed by atoms with E-state index in [1.807, 2.05) is 5.32 Å². The molecule has 0 spiro atoms. The van der Waals surface area contributed by atoms with Crippen molar-refractivity contribution in [2.45, 2.75) is 6.17 Å².